The first-order valence-corrected chi connectivity index (χ1v) is 6.71. The number of hydrogen-bond acceptors (Lipinski definition) is 4. The number of nitrogens with zero attached hydrogens (tertiary/aromatic N) is 1. The zero-order valence-corrected chi connectivity index (χ0v) is 11.8. The van der Waals surface area contributed by atoms with Crippen LogP contribution >= 0.6 is 11.3 Å². The van der Waals surface area contributed by atoms with Crippen LogP contribution in [0.4, 0.5) is 4.79 Å². The van der Waals surface area contributed by atoms with Gasteiger partial charge in [0.15, 0.2) is 6.04 Å². The van der Waals surface area contributed by atoms with Crippen LogP contribution < -0.4 is 5.32 Å². The highest BCUT2D eigenvalue weighted by Gasteiger charge is 2.24. The van der Waals surface area contributed by atoms with E-state index in [0.29, 0.717) is 24.4 Å². The fraction of sp³-hybridized carbons (Fsp3) is 0.500. The van der Waals surface area contributed by atoms with Crippen molar-refractivity contribution in [1.82, 2.24) is 10.2 Å². The number of ether oxygens (including phenoxy) is 1. The fourth-order valence-electron chi connectivity index (χ4n) is 1.49. The van der Waals surface area contributed by atoms with E-state index in [1.807, 2.05) is 0 Å². The number of carbonyl (C=O) groups excluding carboxylic acids is 1. The van der Waals surface area contributed by atoms with E-state index in [1.165, 1.54) is 16.2 Å². The number of carboxylic acid groups (broad SMARTS) is 1. The molecule has 7 heteroatoms. The second-order valence-corrected chi connectivity index (χ2v) is 4.98. The Hall–Kier alpha value is -1.60. The van der Waals surface area contributed by atoms with Gasteiger partial charge in [0.05, 0.1) is 0 Å². The van der Waals surface area contributed by atoms with Crippen LogP contribution in [0.15, 0.2) is 17.5 Å². The minimum absolute atomic E-state index is 0.406. The lowest BCUT2D eigenvalue weighted by Crippen LogP contribution is -2.42. The number of nitrogens with one attached hydrogen (secondary N) is 1. The molecule has 0 radical (unpaired) electrons. The molecule has 0 aromatic carbocycles. The van der Waals surface area contributed by atoms with E-state index >= 15 is 0 Å². The van der Waals surface area contributed by atoms with Gasteiger partial charge in [-0.15, -0.1) is 11.3 Å². The Morgan fingerprint density at radius 3 is 2.84 bits per heavy atom. The van der Waals surface area contributed by atoms with Crippen LogP contribution in [0.5, 0.6) is 0 Å². The summed E-state index contributed by atoms with van der Waals surface area (Å²) < 4.78 is 4.90. The Kier molecular flexibility index (Phi) is 6.31. The third kappa shape index (κ3) is 4.88. The molecule has 1 aromatic rings. The third-order valence-corrected chi connectivity index (χ3v) is 3.47. The lowest BCUT2D eigenvalue weighted by Gasteiger charge is -2.20. The molecule has 106 valence electrons. The van der Waals surface area contributed by atoms with Crippen molar-refractivity contribution >= 4 is 23.3 Å². The van der Waals surface area contributed by atoms with E-state index in [-0.39, 0.29) is 0 Å². The van der Waals surface area contributed by atoms with Crippen molar-refractivity contribution in [2.45, 2.75) is 12.5 Å². The largest absolute Gasteiger partial charge is 0.479 e. The maximum atomic E-state index is 11.9. The van der Waals surface area contributed by atoms with Gasteiger partial charge in [0.25, 0.3) is 0 Å². The lowest BCUT2D eigenvalue weighted by atomic mass is 10.2. The molecule has 1 heterocycles. The molecule has 0 fully saturated rings. The SMILES string of the molecule is COCCCN(C)C(=O)NC(C(=O)O)c1cccs1. The molecule has 0 aliphatic heterocycles. The molecule has 1 atom stereocenters. The number of amides is 2. The average Bonchev–Trinajstić information content (AvgIpc) is 2.88. The Morgan fingerprint density at radius 2 is 2.32 bits per heavy atom. The predicted molar refractivity (Wildman–Crippen MR) is 72.4 cm³/mol. The van der Waals surface area contributed by atoms with E-state index in [4.69, 9.17) is 9.84 Å². The van der Waals surface area contributed by atoms with Gasteiger partial charge in [-0.2, -0.15) is 0 Å². The van der Waals surface area contributed by atoms with Crippen molar-refractivity contribution in [3.63, 3.8) is 0 Å². The first-order valence-electron chi connectivity index (χ1n) is 5.83. The summed E-state index contributed by atoms with van der Waals surface area (Å²) in [6.45, 7) is 1.07. The van der Waals surface area contributed by atoms with Crippen LogP contribution in [0.1, 0.15) is 17.3 Å². The molecule has 0 aliphatic carbocycles. The molecule has 0 bridgehead atoms. The second-order valence-electron chi connectivity index (χ2n) is 4.00. The second kappa shape index (κ2) is 7.75. The molecule has 2 amide bonds. The summed E-state index contributed by atoms with van der Waals surface area (Å²) in [6.07, 6.45) is 0.706. The van der Waals surface area contributed by atoms with Crippen LogP contribution in [0.25, 0.3) is 0 Å². The van der Waals surface area contributed by atoms with Gasteiger partial charge < -0.3 is 20.1 Å². The number of carbonyl (C=O) groups is 2. The quantitative estimate of drug-likeness (QED) is 0.745. The summed E-state index contributed by atoms with van der Waals surface area (Å²) in [5, 5.41) is 13.4. The molecule has 6 nitrogen and oxygen atoms in total. The van der Waals surface area contributed by atoms with Gasteiger partial charge in [0, 0.05) is 32.2 Å². The molecule has 0 saturated heterocycles. The van der Waals surface area contributed by atoms with Crippen LogP contribution in [0.2, 0.25) is 0 Å². The van der Waals surface area contributed by atoms with Crippen molar-refractivity contribution < 1.29 is 19.4 Å². The van der Waals surface area contributed by atoms with Crippen molar-refractivity contribution in [1.29, 1.82) is 0 Å². The minimum atomic E-state index is -1.07. The first kappa shape index (κ1) is 15.5. The normalized spacial score (nSPS) is 11.9. The van der Waals surface area contributed by atoms with E-state index < -0.39 is 18.0 Å². The van der Waals surface area contributed by atoms with Gasteiger partial charge in [-0.1, -0.05) is 6.07 Å². The molecule has 0 saturated carbocycles. The summed E-state index contributed by atoms with van der Waals surface area (Å²) in [7, 11) is 3.22. The molecular weight excluding hydrogens is 268 g/mol. The molecule has 2 N–H and O–H groups in total. The Bertz CT molecular complexity index is 408. The molecule has 1 unspecified atom stereocenters. The zero-order chi connectivity index (χ0) is 14.3. The van der Waals surface area contributed by atoms with Gasteiger partial charge in [-0.3, -0.25) is 0 Å². The third-order valence-electron chi connectivity index (χ3n) is 2.53. The van der Waals surface area contributed by atoms with E-state index in [9.17, 15) is 9.59 Å². The Balaban J connectivity index is 2.55. The van der Waals surface area contributed by atoms with Gasteiger partial charge in [0.1, 0.15) is 0 Å². The number of hydrogen-bond donors (Lipinski definition) is 2. The first-order chi connectivity index (χ1) is 9.06. The number of methoxy groups -OCH3 is 1. The molecular formula is C12H18N2O4S. The van der Waals surface area contributed by atoms with Crippen LogP contribution in [0.3, 0.4) is 0 Å². The lowest BCUT2D eigenvalue weighted by molar-refractivity contribution is -0.139. The monoisotopic (exact) mass is 286 g/mol. The molecule has 19 heavy (non-hydrogen) atoms. The van der Waals surface area contributed by atoms with Crippen molar-refractivity contribution in [3.8, 4) is 0 Å². The van der Waals surface area contributed by atoms with Gasteiger partial charge in [-0.25, -0.2) is 9.59 Å². The molecule has 1 aromatic heterocycles. The number of carboxylic acids is 1. The summed E-state index contributed by atoms with van der Waals surface area (Å²) >= 11 is 1.30. The fourth-order valence-corrected chi connectivity index (χ4v) is 2.26. The molecule has 0 aliphatic rings. The highest BCUT2D eigenvalue weighted by atomic mass is 32.1. The summed E-state index contributed by atoms with van der Waals surface area (Å²) in [5.74, 6) is -1.07. The smallest absolute Gasteiger partial charge is 0.331 e. The van der Waals surface area contributed by atoms with E-state index in [1.54, 1.807) is 31.7 Å². The van der Waals surface area contributed by atoms with Crippen molar-refractivity contribution in [3.05, 3.63) is 22.4 Å². The van der Waals surface area contributed by atoms with Crippen LogP contribution in [0, 0.1) is 0 Å². The molecule has 0 spiro atoms. The molecule has 1 rings (SSSR count). The zero-order valence-electron chi connectivity index (χ0n) is 11.0. The maximum Gasteiger partial charge on any atom is 0.331 e. The highest BCUT2D eigenvalue weighted by Crippen LogP contribution is 2.19. The minimum Gasteiger partial charge on any atom is -0.479 e. The van der Waals surface area contributed by atoms with Crippen molar-refractivity contribution in [2.24, 2.45) is 0 Å². The van der Waals surface area contributed by atoms with Crippen LogP contribution in [-0.2, 0) is 9.53 Å². The van der Waals surface area contributed by atoms with E-state index in [0.717, 1.165) is 0 Å². The van der Waals surface area contributed by atoms with Crippen LogP contribution in [-0.4, -0.2) is 49.3 Å². The van der Waals surface area contributed by atoms with Gasteiger partial charge in [-0.05, 0) is 17.9 Å². The van der Waals surface area contributed by atoms with E-state index in [2.05, 4.69) is 5.32 Å². The maximum absolute atomic E-state index is 11.9. The highest BCUT2D eigenvalue weighted by molar-refractivity contribution is 7.10. The summed E-state index contributed by atoms with van der Waals surface area (Å²) in [6, 6.07) is 2.04. The Morgan fingerprint density at radius 1 is 1.58 bits per heavy atom. The summed E-state index contributed by atoms with van der Waals surface area (Å²) in [5.41, 5.74) is 0. The standard InChI is InChI=1S/C12H18N2O4S/c1-14(6-4-7-18-2)12(17)13-10(11(15)16)9-5-3-8-19-9/h3,5,8,10H,4,6-7H2,1-2H3,(H,13,17)(H,15,16). The average molecular weight is 286 g/mol. The van der Waals surface area contributed by atoms with Gasteiger partial charge >= 0.3 is 12.0 Å². The Labute approximate surface area is 116 Å². The predicted octanol–water partition coefficient (Wildman–Crippen LogP) is 1.55. The number of thiophene rings is 1. The van der Waals surface area contributed by atoms with Gasteiger partial charge in [0.2, 0.25) is 0 Å². The number of aliphatic carboxylic acids is 1. The summed E-state index contributed by atoms with van der Waals surface area (Å²) in [4.78, 5) is 25.1. The van der Waals surface area contributed by atoms with Crippen molar-refractivity contribution in [2.75, 3.05) is 27.3 Å². The number of urea groups is 1. The topological polar surface area (TPSA) is 78.9 Å². The number of rotatable bonds is 7.